The largest absolute Gasteiger partial charge is 0.355 e. The Hall–Kier alpha value is -0.900. The molecule has 0 radical (unpaired) electrons. The van der Waals surface area contributed by atoms with Crippen LogP contribution >= 0.6 is 0 Å². The molecule has 2 heterocycles. The Balaban J connectivity index is 2.01. The maximum absolute atomic E-state index is 12.9. The van der Waals surface area contributed by atoms with Crippen LogP contribution in [0.2, 0.25) is 0 Å². The van der Waals surface area contributed by atoms with Gasteiger partial charge < -0.3 is 5.32 Å². The molecule has 2 aliphatic heterocycles. The van der Waals surface area contributed by atoms with Crippen molar-refractivity contribution in [2.75, 3.05) is 19.6 Å². The lowest BCUT2D eigenvalue weighted by Gasteiger charge is -2.28. The van der Waals surface area contributed by atoms with Crippen molar-refractivity contribution < 1.29 is 9.18 Å². The number of nitrogens with zero attached hydrogens (tertiary/aromatic N) is 1. The number of rotatable bonds is 1. The van der Waals surface area contributed by atoms with Gasteiger partial charge in [-0.15, -0.1) is 0 Å². The molecule has 3 nitrogen and oxygen atoms in total. The lowest BCUT2D eigenvalue weighted by atomic mass is 10.1. The Morgan fingerprint density at radius 1 is 1.62 bits per heavy atom. The van der Waals surface area contributed by atoms with Gasteiger partial charge in [-0.25, -0.2) is 4.39 Å². The number of nitrogens with one attached hydrogen (secondary N) is 1. The zero-order chi connectivity index (χ0) is 9.26. The summed E-state index contributed by atoms with van der Waals surface area (Å²) < 4.78 is 12.9. The molecular weight excluding hydrogens is 171 g/mol. The first-order chi connectivity index (χ1) is 6.27. The van der Waals surface area contributed by atoms with E-state index in [1.807, 2.05) is 4.90 Å². The molecule has 1 fully saturated rings. The van der Waals surface area contributed by atoms with E-state index < -0.39 is 0 Å². The molecule has 1 N–H and O–H groups in total. The van der Waals surface area contributed by atoms with E-state index in [9.17, 15) is 9.18 Å². The standard InChI is InChI=1S/C9H13FN2O/c10-7-2-1-5-12(6-7)8-3-4-11-9(8)13/h2,8H,1,3-6H2,(H,11,13). The monoisotopic (exact) mass is 184 g/mol. The fourth-order valence-electron chi connectivity index (χ4n) is 1.92. The van der Waals surface area contributed by atoms with Gasteiger partial charge in [-0.1, -0.05) is 6.08 Å². The van der Waals surface area contributed by atoms with Crippen LogP contribution < -0.4 is 5.32 Å². The van der Waals surface area contributed by atoms with Crippen LogP contribution in [0.15, 0.2) is 11.9 Å². The van der Waals surface area contributed by atoms with Gasteiger partial charge in [0.25, 0.3) is 0 Å². The van der Waals surface area contributed by atoms with E-state index in [1.54, 1.807) is 6.08 Å². The number of carbonyl (C=O) groups is 1. The minimum Gasteiger partial charge on any atom is -0.355 e. The van der Waals surface area contributed by atoms with Gasteiger partial charge in [0.1, 0.15) is 5.83 Å². The predicted octanol–water partition coefficient (Wildman–Crippen LogP) is 0.434. The third kappa shape index (κ3) is 1.72. The van der Waals surface area contributed by atoms with Crippen LogP contribution in [0.25, 0.3) is 0 Å². The van der Waals surface area contributed by atoms with Gasteiger partial charge in [0.15, 0.2) is 0 Å². The lowest BCUT2D eigenvalue weighted by Crippen LogP contribution is -2.43. The van der Waals surface area contributed by atoms with Crippen LogP contribution in [0.5, 0.6) is 0 Å². The topological polar surface area (TPSA) is 32.3 Å². The number of amides is 1. The Morgan fingerprint density at radius 2 is 2.46 bits per heavy atom. The molecule has 0 aromatic heterocycles. The van der Waals surface area contributed by atoms with Crippen LogP contribution in [-0.2, 0) is 4.79 Å². The Morgan fingerprint density at radius 3 is 3.08 bits per heavy atom. The summed E-state index contributed by atoms with van der Waals surface area (Å²) in [5, 5.41) is 2.76. The summed E-state index contributed by atoms with van der Waals surface area (Å²) >= 11 is 0. The van der Waals surface area contributed by atoms with Crippen LogP contribution in [0.1, 0.15) is 12.8 Å². The summed E-state index contributed by atoms with van der Waals surface area (Å²) in [6.07, 6.45) is 3.13. The zero-order valence-corrected chi connectivity index (χ0v) is 7.42. The van der Waals surface area contributed by atoms with E-state index in [4.69, 9.17) is 0 Å². The van der Waals surface area contributed by atoms with Gasteiger partial charge in [0.05, 0.1) is 12.6 Å². The average molecular weight is 184 g/mol. The van der Waals surface area contributed by atoms with Gasteiger partial charge in [0.2, 0.25) is 5.91 Å². The number of hydrogen-bond acceptors (Lipinski definition) is 2. The minimum atomic E-state index is -0.106. The van der Waals surface area contributed by atoms with Crippen molar-refractivity contribution >= 4 is 5.91 Å². The van der Waals surface area contributed by atoms with Crippen LogP contribution in [0.3, 0.4) is 0 Å². The molecule has 1 unspecified atom stereocenters. The molecule has 0 saturated carbocycles. The molecule has 0 spiro atoms. The molecule has 2 aliphatic rings. The van der Waals surface area contributed by atoms with Crippen molar-refractivity contribution in [3.8, 4) is 0 Å². The van der Waals surface area contributed by atoms with Crippen molar-refractivity contribution in [1.82, 2.24) is 10.2 Å². The number of halogens is 1. The summed E-state index contributed by atoms with van der Waals surface area (Å²) in [5.41, 5.74) is 0. The van der Waals surface area contributed by atoms with E-state index in [2.05, 4.69) is 5.32 Å². The quantitative estimate of drug-likeness (QED) is 0.641. The summed E-state index contributed by atoms with van der Waals surface area (Å²) in [7, 11) is 0. The third-order valence-electron chi connectivity index (χ3n) is 2.60. The van der Waals surface area contributed by atoms with E-state index in [-0.39, 0.29) is 17.8 Å². The fourth-order valence-corrected chi connectivity index (χ4v) is 1.92. The number of hydrogen-bond donors (Lipinski definition) is 1. The molecule has 13 heavy (non-hydrogen) atoms. The van der Waals surface area contributed by atoms with Crippen molar-refractivity contribution in [3.63, 3.8) is 0 Å². The van der Waals surface area contributed by atoms with Crippen molar-refractivity contribution in [3.05, 3.63) is 11.9 Å². The van der Waals surface area contributed by atoms with Gasteiger partial charge >= 0.3 is 0 Å². The van der Waals surface area contributed by atoms with Gasteiger partial charge in [-0.2, -0.15) is 0 Å². The number of carbonyl (C=O) groups excluding carboxylic acids is 1. The molecule has 0 aromatic rings. The average Bonchev–Trinajstić information content (AvgIpc) is 2.51. The summed E-state index contributed by atoms with van der Waals surface area (Å²) in [5.74, 6) is -0.0550. The van der Waals surface area contributed by atoms with Crippen molar-refractivity contribution in [2.45, 2.75) is 18.9 Å². The maximum atomic E-state index is 12.9. The highest BCUT2D eigenvalue weighted by Crippen LogP contribution is 2.17. The molecule has 4 heteroatoms. The fraction of sp³-hybridized carbons (Fsp3) is 0.667. The molecule has 1 atom stereocenters. The molecule has 0 bridgehead atoms. The van der Waals surface area contributed by atoms with Gasteiger partial charge in [0, 0.05) is 13.1 Å². The van der Waals surface area contributed by atoms with E-state index in [0.717, 1.165) is 25.9 Å². The van der Waals surface area contributed by atoms with Crippen LogP contribution in [0.4, 0.5) is 4.39 Å². The maximum Gasteiger partial charge on any atom is 0.237 e. The molecule has 1 amide bonds. The van der Waals surface area contributed by atoms with E-state index >= 15 is 0 Å². The molecule has 2 rings (SSSR count). The SMILES string of the molecule is O=C1NCCC1N1CCC=C(F)C1. The van der Waals surface area contributed by atoms with Crippen LogP contribution in [0, 0.1) is 0 Å². The summed E-state index contributed by atoms with van der Waals surface area (Å²) in [4.78, 5) is 13.2. The summed E-state index contributed by atoms with van der Waals surface area (Å²) in [6.45, 7) is 1.83. The highest BCUT2D eigenvalue weighted by Gasteiger charge is 2.31. The van der Waals surface area contributed by atoms with Gasteiger partial charge in [-0.05, 0) is 12.8 Å². The van der Waals surface area contributed by atoms with Crippen LogP contribution in [-0.4, -0.2) is 36.5 Å². The molecule has 1 saturated heterocycles. The minimum absolute atomic E-state index is 0.0506. The van der Waals surface area contributed by atoms with Gasteiger partial charge in [-0.3, -0.25) is 9.69 Å². The molecular formula is C9H13FN2O. The predicted molar refractivity (Wildman–Crippen MR) is 46.8 cm³/mol. The Labute approximate surface area is 76.6 Å². The zero-order valence-electron chi connectivity index (χ0n) is 7.42. The lowest BCUT2D eigenvalue weighted by molar-refractivity contribution is -0.123. The third-order valence-corrected chi connectivity index (χ3v) is 2.60. The smallest absolute Gasteiger partial charge is 0.237 e. The normalized spacial score (nSPS) is 30.1. The molecule has 0 aromatic carbocycles. The first-order valence-electron chi connectivity index (χ1n) is 4.63. The van der Waals surface area contributed by atoms with Crippen molar-refractivity contribution in [1.29, 1.82) is 0 Å². The first kappa shape index (κ1) is 8.69. The van der Waals surface area contributed by atoms with Crippen molar-refractivity contribution in [2.24, 2.45) is 0 Å². The molecule has 0 aliphatic carbocycles. The second-order valence-electron chi connectivity index (χ2n) is 3.51. The van der Waals surface area contributed by atoms with E-state index in [0.29, 0.717) is 6.54 Å². The molecule has 72 valence electrons. The summed E-state index contributed by atoms with van der Waals surface area (Å²) in [6, 6.07) is -0.0977. The first-order valence-corrected chi connectivity index (χ1v) is 4.63. The second-order valence-corrected chi connectivity index (χ2v) is 3.51. The highest BCUT2D eigenvalue weighted by atomic mass is 19.1. The second kappa shape index (κ2) is 3.46. The highest BCUT2D eigenvalue weighted by molar-refractivity contribution is 5.83. The Bertz CT molecular complexity index is 252. The Kier molecular flexibility index (Phi) is 2.31. The van der Waals surface area contributed by atoms with E-state index in [1.165, 1.54) is 0 Å².